The van der Waals surface area contributed by atoms with Crippen molar-refractivity contribution in [1.29, 1.82) is 0 Å². The van der Waals surface area contributed by atoms with Gasteiger partial charge in [-0.1, -0.05) is 0 Å². The number of phenolic OH excluding ortho intramolecular Hbond substituents is 1. The fraction of sp³-hybridized carbons (Fsp3) is 0.429. The molecule has 1 aromatic carbocycles. The summed E-state index contributed by atoms with van der Waals surface area (Å²) in [7, 11) is 0. The van der Waals surface area contributed by atoms with Gasteiger partial charge in [-0.2, -0.15) is 0 Å². The van der Waals surface area contributed by atoms with Crippen LogP contribution in [0, 0.1) is 0 Å². The zero-order chi connectivity index (χ0) is 12.4. The van der Waals surface area contributed by atoms with Crippen molar-refractivity contribution in [2.75, 3.05) is 6.54 Å². The van der Waals surface area contributed by atoms with Crippen LogP contribution in [0.25, 0.3) is 10.9 Å². The van der Waals surface area contributed by atoms with Gasteiger partial charge in [0.1, 0.15) is 5.75 Å². The van der Waals surface area contributed by atoms with E-state index in [0.717, 1.165) is 18.2 Å². The molecule has 0 atom stereocenters. The van der Waals surface area contributed by atoms with Crippen LogP contribution >= 0.6 is 0 Å². The van der Waals surface area contributed by atoms with Crippen molar-refractivity contribution in [2.45, 2.75) is 32.7 Å². The molecule has 0 spiro atoms. The van der Waals surface area contributed by atoms with Gasteiger partial charge in [0.05, 0.1) is 0 Å². The van der Waals surface area contributed by atoms with E-state index in [1.807, 2.05) is 12.1 Å². The Bertz CT molecular complexity index is 514. The van der Waals surface area contributed by atoms with Crippen molar-refractivity contribution >= 4 is 10.9 Å². The van der Waals surface area contributed by atoms with E-state index in [-0.39, 0.29) is 0 Å². The Morgan fingerprint density at radius 2 is 2.12 bits per heavy atom. The van der Waals surface area contributed by atoms with Gasteiger partial charge in [-0.3, -0.25) is 0 Å². The molecule has 1 heterocycles. The quantitative estimate of drug-likeness (QED) is 0.851. The highest BCUT2D eigenvalue weighted by atomic mass is 16.3. The highest BCUT2D eigenvalue weighted by Gasteiger charge is 2.10. The minimum Gasteiger partial charge on any atom is -0.508 e. The number of hydrogen-bond acceptors (Lipinski definition) is 2. The number of phenols is 1. The molecule has 3 heteroatoms. The summed E-state index contributed by atoms with van der Waals surface area (Å²) in [6.07, 6.45) is 4.13. The van der Waals surface area contributed by atoms with Crippen molar-refractivity contribution in [1.82, 2.24) is 4.57 Å². The average molecular weight is 232 g/mol. The third-order valence-corrected chi connectivity index (χ3v) is 3.11. The first-order valence-corrected chi connectivity index (χ1v) is 6.16. The van der Waals surface area contributed by atoms with E-state index in [9.17, 15) is 5.11 Å². The maximum absolute atomic E-state index is 9.59. The van der Waals surface area contributed by atoms with Crippen molar-refractivity contribution < 1.29 is 5.11 Å². The fourth-order valence-corrected chi connectivity index (χ4v) is 2.23. The largest absolute Gasteiger partial charge is 0.508 e. The average Bonchev–Trinajstić information content (AvgIpc) is 2.64. The number of aromatic nitrogens is 1. The first kappa shape index (κ1) is 12.0. The second kappa shape index (κ2) is 4.80. The minimum absolute atomic E-state index is 0.327. The van der Waals surface area contributed by atoms with E-state index in [0.29, 0.717) is 18.3 Å². The first-order valence-electron chi connectivity index (χ1n) is 6.16. The number of nitrogens with zero attached hydrogens (tertiary/aromatic N) is 1. The molecule has 0 aliphatic rings. The molecule has 0 saturated heterocycles. The van der Waals surface area contributed by atoms with Gasteiger partial charge in [0.2, 0.25) is 0 Å². The van der Waals surface area contributed by atoms with E-state index in [1.54, 1.807) is 6.07 Å². The van der Waals surface area contributed by atoms with E-state index < -0.39 is 0 Å². The van der Waals surface area contributed by atoms with Crippen LogP contribution in [0.1, 0.15) is 31.9 Å². The van der Waals surface area contributed by atoms with Crippen LogP contribution in [0.5, 0.6) is 5.75 Å². The van der Waals surface area contributed by atoms with Crippen molar-refractivity contribution in [3.05, 3.63) is 30.0 Å². The Kier molecular flexibility index (Phi) is 3.38. The maximum atomic E-state index is 9.59. The Hall–Kier alpha value is -1.48. The second-order valence-corrected chi connectivity index (χ2v) is 4.75. The Morgan fingerprint density at radius 1 is 1.35 bits per heavy atom. The molecule has 2 rings (SSSR count). The zero-order valence-corrected chi connectivity index (χ0v) is 10.5. The summed E-state index contributed by atoms with van der Waals surface area (Å²) in [6.45, 7) is 5.03. The van der Waals surface area contributed by atoms with Crippen LogP contribution in [-0.4, -0.2) is 16.2 Å². The molecule has 0 aliphatic carbocycles. The van der Waals surface area contributed by atoms with Gasteiger partial charge in [0.15, 0.2) is 0 Å². The molecular formula is C14H20N2O. The lowest BCUT2D eigenvalue weighted by atomic mass is 10.1. The zero-order valence-electron chi connectivity index (χ0n) is 10.5. The summed E-state index contributed by atoms with van der Waals surface area (Å²) in [4.78, 5) is 0. The van der Waals surface area contributed by atoms with Gasteiger partial charge in [-0.05, 0) is 57.0 Å². The van der Waals surface area contributed by atoms with E-state index in [1.165, 1.54) is 11.1 Å². The number of hydrogen-bond donors (Lipinski definition) is 2. The monoisotopic (exact) mass is 232 g/mol. The molecule has 3 N–H and O–H groups in total. The summed E-state index contributed by atoms with van der Waals surface area (Å²) in [5.41, 5.74) is 8.02. The van der Waals surface area contributed by atoms with Crippen LogP contribution < -0.4 is 5.73 Å². The highest BCUT2D eigenvalue weighted by Crippen LogP contribution is 2.28. The molecule has 2 aromatic rings. The predicted octanol–water partition coefficient (Wildman–Crippen LogP) is 2.82. The van der Waals surface area contributed by atoms with Gasteiger partial charge in [0.25, 0.3) is 0 Å². The summed E-state index contributed by atoms with van der Waals surface area (Å²) < 4.78 is 2.25. The number of nitrogens with two attached hydrogens (primary N) is 1. The number of aryl methyl sites for hydroxylation is 1. The summed E-state index contributed by atoms with van der Waals surface area (Å²) in [5, 5.41) is 10.7. The maximum Gasteiger partial charge on any atom is 0.116 e. The molecule has 17 heavy (non-hydrogen) atoms. The molecule has 92 valence electrons. The lowest BCUT2D eigenvalue weighted by Crippen LogP contribution is -2.00. The molecular weight excluding hydrogens is 212 g/mol. The summed E-state index contributed by atoms with van der Waals surface area (Å²) in [6, 6.07) is 6.00. The molecule has 0 radical (unpaired) electrons. The molecule has 0 amide bonds. The van der Waals surface area contributed by atoms with Gasteiger partial charge < -0.3 is 15.4 Å². The van der Waals surface area contributed by atoms with Crippen LogP contribution in [0.2, 0.25) is 0 Å². The second-order valence-electron chi connectivity index (χ2n) is 4.75. The normalized spacial score (nSPS) is 11.5. The van der Waals surface area contributed by atoms with Gasteiger partial charge >= 0.3 is 0 Å². The fourth-order valence-electron chi connectivity index (χ4n) is 2.23. The third-order valence-electron chi connectivity index (χ3n) is 3.11. The van der Waals surface area contributed by atoms with E-state index in [2.05, 4.69) is 24.6 Å². The van der Waals surface area contributed by atoms with Crippen LogP contribution in [-0.2, 0) is 6.42 Å². The van der Waals surface area contributed by atoms with Crippen molar-refractivity contribution in [3.8, 4) is 5.75 Å². The van der Waals surface area contributed by atoms with Crippen molar-refractivity contribution in [2.24, 2.45) is 5.73 Å². The van der Waals surface area contributed by atoms with E-state index >= 15 is 0 Å². The molecule has 1 aromatic heterocycles. The topological polar surface area (TPSA) is 51.2 Å². The number of rotatable bonds is 4. The smallest absolute Gasteiger partial charge is 0.116 e. The van der Waals surface area contributed by atoms with Gasteiger partial charge in [0, 0.05) is 23.1 Å². The van der Waals surface area contributed by atoms with Crippen molar-refractivity contribution in [3.63, 3.8) is 0 Å². The molecule has 3 nitrogen and oxygen atoms in total. The SMILES string of the molecule is CC(C)n1cc(CCCN)c2cc(O)ccc21. The van der Waals surface area contributed by atoms with E-state index in [4.69, 9.17) is 5.73 Å². The number of benzene rings is 1. The third kappa shape index (κ3) is 2.29. The summed E-state index contributed by atoms with van der Waals surface area (Å²) >= 11 is 0. The Balaban J connectivity index is 2.54. The van der Waals surface area contributed by atoms with Crippen LogP contribution in [0.4, 0.5) is 0 Å². The predicted molar refractivity (Wildman–Crippen MR) is 71.4 cm³/mol. The van der Waals surface area contributed by atoms with Gasteiger partial charge in [-0.25, -0.2) is 0 Å². The molecule has 0 fully saturated rings. The molecule has 0 bridgehead atoms. The lowest BCUT2D eigenvalue weighted by molar-refractivity contribution is 0.476. The summed E-state index contributed by atoms with van der Waals surface area (Å²) in [5.74, 6) is 0.327. The van der Waals surface area contributed by atoms with Crippen LogP contribution in [0.3, 0.4) is 0 Å². The Morgan fingerprint density at radius 3 is 2.76 bits per heavy atom. The minimum atomic E-state index is 0.327. The molecule has 0 saturated carbocycles. The Labute approximate surface area is 102 Å². The molecule has 0 aliphatic heterocycles. The van der Waals surface area contributed by atoms with Gasteiger partial charge in [-0.15, -0.1) is 0 Å². The first-order chi connectivity index (χ1) is 8.13. The molecule has 0 unspecified atom stereocenters. The number of aromatic hydroxyl groups is 1. The van der Waals surface area contributed by atoms with Crippen LogP contribution in [0.15, 0.2) is 24.4 Å². The highest BCUT2D eigenvalue weighted by molar-refractivity contribution is 5.85. The lowest BCUT2D eigenvalue weighted by Gasteiger charge is -2.08. The number of fused-ring (bicyclic) bond motifs is 1. The standard InChI is InChI=1S/C14H20N2O/c1-10(2)16-9-11(4-3-7-15)13-8-12(17)5-6-14(13)16/h5-6,8-10,17H,3-4,7,15H2,1-2H3.